The van der Waals surface area contributed by atoms with Crippen LogP contribution in [-0.2, 0) is 0 Å². The van der Waals surface area contributed by atoms with Crippen molar-refractivity contribution in [1.82, 2.24) is 9.97 Å². The maximum Gasteiger partial charge on any atom is 0.353 e. The highest BCUT2D eigenvalue weighted by Crippen LogP contribution is 2.31. The quantitative estimate of drug-likeness (QED) is 0.660. The largest absolute Gasteiger partial charge is 0.367 e. The minimum Gasteiger partial charge on any atom is -0.367 e. The minimum atomic E-state index is -1.15. The third-order valence-corrected chi connectivity index (χ3v) is 2.45. The van der Waals surface area contributed by atoms with Crippen molar-refractivity contribution in [2.75, 3.05) is 17.7 Å². The lowest BCUT2D eigenvalue weighted by atomic mass is 10.3. The summed E-state index contributed by atoms with van der Waals surface area (Å²) in [5.41, 5.74) is -0.715. The molecule has 0 radical (unpaired) electrons. The second-order valence-electron chi connectivity index (χ2n) is 3.65. The molecule has 2 rings (SSSR count). The number of nitrogens with zero attached hydrogens (tertiary/aromatic N) is 3. The fourth-order valence-electron chi connectivity index (χ4n) is 1.55. The van der Waals surface area contributed by atoms with Gasteiger partial charge < -0.3 is 10.6 Å². The normalized spacial score (nSPS) is 10.2. The molecule has 0 aliphatic carbocycles. The van der Waals surface area contributed by atoms with Gasteiger partial charge >= 0.3 is 5.69 Å². The van der Waals surface area contributed by atoms with Gasteiger partial charge in [0.25, 0.3) is 0 Å². The SMILES string of the molecule is CNc1ncnc(Nc2cccc(F)c2F)c1[N+](=O)[O-]. The summed E-state index contributed by atoms with van der Waals surface area (Å²) in [6.45, 7) is 0. The fourth-order valence-corrected chi connectivity index (χ4v) is 1.55. The minimum absolute atomic E-state index is 0.0377. The van der Waals surface area contributed by atoms with Crippen LogP contribution in [0.4, 0.5) is 31.8 Å². The van der Waals surface area contributed by atoms with Crippen molar-refractivity contribution in [3.63, 3.8) is 0 Å². The van der Waals surface area contributed by atoms with Crippen LogP contribution >= 0.6 is 0 Å². The maximum absolute atomic E-state index is 13.5. The molecule has 0 aliphatic heterocycles. The van der Waals surface area contributed by atoms with Gasteiger partial charge in [-0.2, -0.15) is 0 Å². The first-order valence-corrected chi connectivity index (χ1v) is 5.42. The van der Waals surface area contributed by atoms with Crippen molar-refractivity contribution in [3.8, 4) is 0 Å². The number of nitro groups is 1. The van der Waals surface area contributed by atoms with Crippen LogP contribution in [0.15, 0.2) is 24.5 Å². The zero-order chi connectivity index (χ0) is 14.7. The standard InChI is InChI=1S/C11H9F2N5O2/c1-14-10-9(18(19)20)11(16-5-15-10)17-7-4-2-3-6(12)8(7)13/h2-5H,1H3,(H2,14,15,16,17). The maximum atomic E-state index is 13.5. The lowest BCUT2D eigenvalue weighted by Gasteiger charge is -2.09. The number of halogens is 2. The number of benzene rings is 1. The molecule has 0 saturated carbocycles. The van der Waals surface area contributed by atoms with Gasteiger partial charge in [0.2, 0.25) is 11.6 Å². The van der Waals surface area contributed by atoms with E-state index < -0.39 is 22.2 Å². The molecule has 2 N–H and O–H groups in total. The number of hydrogen-bond donors (Lipinski definition) is 2. The van der Waals surface area contributed by atoms with E-state index in [0.29, 0.717) is 0 Å². The van der Waals surface area contributed by atoms with E-state index in [4.69, 9.17) is 0 Å². The van der Waals surface area contributed by atoms with E-state index in [9.17, 15) is 18.9 Å². The first-order valence-electron chi connectivity index (χ1n) is 5.42. The number of hydrogen-bond acceptors (Lipinski definition) is 6. The third kappa shape index (κ3) is 2.46. The summed E-state index contributed by atoms with van der Waals surface area (Å²) in [4.78, 5) is 17.7. The van der Waals surface area contributed by atoms with Crippen molar-refractivity contribution in [2.45, 2.75) is 0 Å². The van der Waals surface area contributed by atoms with Gasteiger partial charge in [-0.3, -0.25) is 10.1 Å². The predicted molar refractivity (Wildman–Crippen MR) is 67.9 cm³/mol. The summed E-state index contributed by atoms with van der Waals surface area (Å²) >= 11 is 0. The average Bonchev–Trinajstić information content (AvgIpc) is 2.43. The van der Waals surface area contributed by atoms with Crippen LogP contribution in [0.1, 0.15) is 0 Å². The molecule has 104 valence electrons. The van der Waals surface area contributed by atoms with Gasteiger partial charge in [0.15, 0.2) is 11.6 Å². The molecule has 0 atom stereocenters. The van der Waals surface area contributed by atoms with Crippen LogP contribution in [-0.4, -0.2) is 21.9 Å². The Morgan fingerprint density at radius 2 is 1.95 bits per heavy atom. The van der Waals surface area contributed by atoms with Gasteiger partial charge in [0.1, 0.15) is 6.33 Å². The van der Waals surface area contributed by atoms with Crippen LogP contribution in [0.2, 0.25) is 0 Å². The van der Waals surface area contributed by atoms with Gasteiger partial charge in [-0.05, 0) is 12.1 Å². The van der Waals surface area contributed by atoms with Gasteiger partial charge in [-0.1, -0.05) is 6.07 Å². The van der Waals surface area contributed by atoms with Crippen molar-refractivity contribution in [2.24, 2.45) is 0 Å². The molecular weight excluding hydrogens is 272 g/mol. The number of rotatable bonds is 4. The molecule has 0 saturated heterocycles. The highest BCUT2D eigenvalue weighted by atomic mass is 19.2. The molecule has 0 aliphatic rings. The Hall–Kier alpha value is -2.84. The van der Waals surface area contributed by atoms with E-state index in [2.05, 4.69) is 20.6 Å². The first kappa shape index (κ1) is 13.6. The molecule has 0 spiro atoms. The van der Waals surface area contributed by atoms with Crippen molar-refractivity contribution >= 4 is 23.0 Å². The smallest absolute Gasteiger partial charge is 0.353 e. The van der Waals surface area contributed by atoms with Crippen molar-refractivity contribution in [1.29, 1.82) is 0 Å². The molecule has 1 aromatic heterocycles. The van der Waals surface area contributed by atoms with Gasteiger partial charge in [-0.25, -0.2) is 18.7 Å². The molecule has 1 aromatic carbocycles. The highest BCUT2D eigenvalue weighted by Gasteiger charge is 2.23. The lowest BCUT2D eigenvalue weighted by molar-refractivity contribution is -0.383. The van der Waals surface area contributed by atoms with Gasteiger partial charge in [-0.15, -0.1) is 0 Å². The summed E-state index contributed by atoms with van der Waals surface area (Å²) in [6.07, 6.45) is 1.07. The first-order chi connectivity index (χ1) is 9.54. The van der Waals surface area contributed by atoms with Crippen LogP contribution < -0.4 is 10.6 Å². The van der Waals surface area contributed by atoms with Crippen molar-refractivity contribution in [3.05, 3.63) is 46.3 Å². The number of aromatic nitrogens is 2. The summed E-state index contributed by atoms with van der Waals surface area (Å²) in [6, 6.07) is 3.45. The monoisotopic (exact) mass is 281 g/mol. The third-order valence-electron chi connectivity index (χ3n) is 2.45. The molecule has 1 heterocycles. The Morgan fingerprint density at radius 3 is 2.60 bits per heavy atom. The van der Waals surface area contributed by atoms with E-state index in [-0.39, 0.29) is 17.3 Å². The zero-order valence-corrected chi connectivity index (χ0v) is 10.2. The Balaban J connectivity index is 2.48. The van der Waals surface area contributed by atoms with E-state index in [1.54, 1.807) is 0 Å². The summed E-state index contributed by atoms with van der Waals surface area (Å²) in [5.74, 6) is -2.49. The second-order valence-corrected chi connectivity index (χ2v) is 3.65. The van der Waals surface area contributed by atoms with Crippen LogP contribution in [0.25, 0.3) is 0 Å². The molecule has 0 fully saturated rings. The topological polar surface area (TPSA) is 93.0 Å². The van der Waals surface area contributed by atoms with Gasteiger partial charge in [0, 0.05) is 7.05 Å². The number of anilines is 3. The summed E-state index contributed by atoms with van der Waals surface area (Å²) in [7, 11) is 1.45. The summed E-state index contributed by atoms with van der Waals surface area (Å²) < 4.78 is 26.6. The second kappa shape index (κ2) is 5.43. The Bertz CT molecular complexity index is 665. The fraction of sp³-hybridized carbons (Fsp3) is 0.0909. The predicted octanol–water partition coefficient (Wildman–Crippen LogP) is 2.45. The number of nitrogens with one attached hydrogen (secondary N) is 2. The highest BCUT2D eigenvalue weighted by molar-refractivity contribution is 5.73. The molecule has 0 amide bonds. The average molecular weight is 281 g/mol. The molecule has 20 heavy (non-hydrogen) atoms. The Morgan fingerprint density at radius 1 is 1.25 bits per heavy atom. The Labute approximate surface area is 111 Å². The molecule has 0 bridgehead atoms. The van der Waals surface area contributed by atoms with E-state index in [0.717, 1.165) is 12.4 Å². The molecule has 7 nitrogen and oxygen atoms in total. The van der Waals surface area contributed by atoms with Crippen LogP contribution in [0, 0.1) is 21.7 Å². The van der Waals surface area contributed by atoms with E-state index in [1.807, 2.05) is 0 Å². The molecular formula is C11H9F2N5O2. The summed E-state index contributed by atoms with van der Waals surface area (Å²) in [5, 5.41) is 15.9. The van der Waals surface area contributed by atoms with Crippen LogP contribution in [0.3, 0.4) is 0 Å². The van der Waals surface area contributed by atoms with E-state index >= 15 is 0 Å². The molecule has 0 unspecified atom stereocenters. The Kier molecular flexibility index (Phi) is 3.69. The lowest BCUT2D eigenvalue weighted by Crippen LogP contribution is -2.06. The van der Waals surface area contributed by atoms with E-state index in [1.165, 1.54) is 19.2 Å². The molecule has 2 aromatic rings. The molecule has 9 heteroatoms. The zero-order valence-electron chi connectivity index (χ0n) is 10.2. The van der Waals surface area contributed by atoms with Crippen molar-refractivity contribution < 1.29 is 13.7 Å². The van der Waals surface area contributed by atoms with Gasteiger partial charge in [0.05, 0.1) is 10.6 Å². The van der Waals surface area contributed by atoms with Crippen LogP contribution in [0.5, 0.6) is 0 Å².